The van der Waals surface area contributed by atoms with Gasteiger partial charge in [0.25, 0.3) is 10.0 Å². The lowest BCUT2D eigenvalue weighted by molar-refractivity contribution is -0.142. The highest BCUT2D eigenvalue weighted by atomic mass is 32.2. The van der Waals surface area contributed by atoms with Gasteiger partial charge in [-0.1, -0.05) is 30.3 Å². The number of nitrogens with one attached hydrogen (secondary N) is 1. The number of nitrogens with zero attached hydrogens (tertiary/aromatic N) is 2. The third-order valence-corrected chi connectivity index (χ3v) is 5.16. The maximum absolute atomic E-state index is 12.1. The summed E-state index contributed by atoms with van der Waals surface area (Å²) in [6, 6.07) is 8.02. The Hall–Kier alpha value is -1.84. The summed E-state index contributed by atoms with van der Waals surface area (Å²) < 4.78 is 34.7. The highest BCUT2D eigenvalue weighted by molar-refractivity contribution is 7.91. The van der Waals surface area contributed by atoms with E-state index in [1.54, 1.807) is 12.1 Å². The van der Waals surface area contributed by atoms with Crippen molar-refractivity contribution in [2.75, 3.05) is 7.11 Å². The maximum atomic E-state index is 12.1. The number of methoxy groups -OCH3 is 1. The van der Waals surface area contributed by atoms with Crippen LogP contribution in [-0.4, -0.2) is 36.9 Å². The van der Waals surface area contributed by atoms with Gasteiger partial charge in [-0.3, -0.25) is 4.79 Å². The molecule has 1 aromatic carbocycles. The first kappa shape index (κ1) is 15.5. The predicted octanol–water partition coefficient (Wildman–Crippen LogP) is 1.04. The van der Waals surface area contributed by atoms with E-state index >= 15 is 0 Å². The molecule has 0 fully saturated rings. The molecular weight excluding hydrogens is 314 g/mol. The molecule has 0 spiro atoms. The number of carbonyl (C=O) groups is 1. The van der Waals surface area contributed by atoms with Crippen molar-refractivity contribution in [3.05, 3.63) is 30.3 Å². The predicted molar refractivity (Wildman–Crippen MR) is 77.1 cm³/mol. The highest BCUT2D eigenvalue weighted by Crippen LogP contribution is 2.20. The monoisotopic (exact) mass is 327 g/mol. The van der Waals surface area contributed by atoms with Crippen LogP contribution in [0.3, 0.4) is 0 Å². The van der Waals surface area contributed by atoms with Crippen molar-refractivity contribution in [1.82, 2.24) is 14.1 Å². The Morgan fingerprint density at radius 2 is 2.00 bits per heavy atom. The van der Waals surface area contributed by atoms with E-state index in [1.807, 2.05) is 18.2 Å². The summed E-state index contributed by atoms with van der Waals surface area (Å²) in [6.07, 6.45) is 0. The Bertz CT molecular complexity index is 728. The summed E-state index contributed by atoms with van der Waals surface area (Å²) in [7, 11) is -2.72. The zero-order valence-corrected chi connectivity index (χ0v) is 12.9. The van der Waals surface area contributed by atoms with Crippen molar-refractivity contribution in [2.24, 2.45) is 0 Å². The molecule has 1 unspecified atom stereocenters. The Labute approximate surface area is 126 Å². The lowest BCUT2D eigenvalue weighted by Crippen LogP contribution is -2.39. The normalized spacial score (nSPS) is 12.9. The summed E-state index contributed by atoms with van der Waals surface area (Å²) in [5, 5.41) is 0. The molecule has 112 valence electrons. The average Bonchev–Trinajstić information content (AvgIpc) is 2.97. The lowest BCUT2D eigenvalue weighted by atomic mass is 10.2. The Morgan fingerprint density at radius 1 is 1.33 bits per heavy atom. The number of esters is 1. The SMILES string of the molecule is COC(=O)C(C)NS(=O)(=O)c1nc(-c2ccccc2)ns1. The number of hydrogen-bond donors (Lipinski definition) is 1. The number of rotatable bonds is 5. The minimum absolute atomic E-state index is 0.197. The first-order valence-corrected chi connectivity index (χ1v) is 8.19. The zero-order valence-electron chi connectivity index (χ0n) is 11.3. The van der Waals surface area contributed by atoms with Gasteiger partial charge in [-0.2, -0.15) is 9.10 Å². The summed E-state index contributed by atoms with van der Waals surface area (Å²) in [6.45, 7) is 1.39. The standard InChI is InChI=1S/C12H13N3O4S2/c1-8(11(16)19-2)15-21(17,18)12-13-10(14-20-12)9-6-4-3-5-7-9/h3-8,15H,1-2H3. The first-order chi connectivity index (χ1) is 9.94. The van der Waals surface area contributed by atoms with Crippen molar-refractivity contribution in [3.63, 3.8) is 0 Å². The molecule has 0 aliphatic heterocycles. The van der Waals surface area contributed by atoms with Crippen LogP contribution in [-0.2, 0) is 19.6 Å². The highest BCUT2D eigenvalue weighted by Gasteiger charge is 2.26. The van der Waals surface area contributed by atoms with Gasteiger partial charge in [0.15, 0.2) is 5.82 Å². The van der Waals surface area contributed by atoms with E-state index in [1.165, 1.54) is 14.0 Å². The molecular formula is C12H13N3O4S2. The van der Waals surface area contributed by atoms with Gasteiger partial charge < -0.3 is 4.74 Å². The third-order valence-electron chi connectivity index (χ3n) is 2.56. The minimum Gasteiger partial charge on any atom is -0.468 e. The zero-order chi connectivity index (χ0) is 15.5. The molecule has 21 heavy (non-hydrogen) atoms. The van der Waals surface area contributed by atoms with Crippen molar-refractivity contribution >= 4 is 27.5 Å². The average molecular weight is 327 g/mol. The minimum atomic E-state index is -3.91. The fourth-order valence-corrected chi connectivity index (χ4v) is 3.49. The number of sulfonamides is 1. The van der Waals surface area contributed by atoms with Gasteiger partial charge in [-0.05, 0) is 18.5 Å². The number of aromatic nitrogens is 2. The van der Waals surface area contributed by atoms with Crippen LogP contribution in [0.4, 0.5) is 0 Å². The van der Waals surface area contributed by atoms with Crippen LogP contribution in [0.5, 0.6) is 0 Å². The van der Waals surface area contributed by atoms with E-state index in [0.29, 0.717) is 5.82 Å². The second-order valence-electron chi connectivity index (χ2n) is 4.12. The van der Waals surface area contributed by atoms with Crippen molar-refractivity contribution < 1.29 is 17.9 Å². The van der Waals surface area contributed by atoms with Crippen LogP contribution in [0, 0.1) is 0 Å². The molecule has 0 amide bonds. The van der Waals surface area contributed by atoms with E-state index in [-0.39, 0.29) is 4.34 Å². The fourth-order valence-electron chi connectivity index (χ4n) is 1.53. The van der Waals surface area contributed by atoms with E-state index in [4.69, 9.17) is 0 Å². The number of benzene rings is 1. The summed E-state index contributed by atoms with van der Waals surface area (Å²) in [5.41, 5.74) is 0.719. The van der Waals surface area contributed by atoms with Crippen LogP contribution in [0.2, 0.25) is 0 Å². The first-order valence-electron chi connectivity index (χ1n) is 5.93. The number of hydrogen-bond acceptors (Lipinski definition) is 7. The third kappa shape index (κ3) is 3.63. The maximum Gasteiger partial charge on any atom is 0.323 e. The van der Waals surface area contributed by atoms with Gasteiger partial charge in [0.1, 0.15) is 6.04 Å². The Balaban J connectivity index is 2.22. The summed E-state index contributed by atoms with van der Waals surface area (Å²) >= 11 is 0.749. The molecule has 1 aromatic heterocycles. The van der Waals surface area contributed by atoms with Crippen LogP contribution in [0.15, 0.2) is 34.7 Å². The molecule has 0 saturated carbocycles. The topological polar surface area (TPSA) is 98.2 Å². The Kier molecular flexibility index (Phi) is 4.66. The van der Waals surface area contributed by atoms with Crippen molar-refractivity contribution in [3.8, 4) is 11.4 Å². The molecule has 1 atom stereocenters. The van der Waals surface area contributed by atoms with Crippen LogP contribution in [0.25, 0.3) is 11.4 Å². The molecule has 0 radical (unpaired) electrons. The lowest BCUT2D eigenvalue weighted by Gasteiger charge is -2.09. The van der Waals surface area contributed by atoms with Gasteiger partial charge >= 0.3 is 5.97 Å². The molecule has 2 rings (SSSR count). The fraction of sp³-hybridized carbons (Fsp3) is 0.250. The smallest absolute Gasteiger partial charge is 0.323 e. The molecule has 0 aliphatic rings. The molecule has 2 aromatic rings. The second-order valence-corrected chi connectivity index (χ2v) is 6.76. The molecule has 1 heterocycles. The second kappa shape index (κ2) is 6.29. The van der Waals surface area contributed by atoms with E-state index in [2.05, 4.69) is 18.8 Å². The largest absolute Gasteiger partial charge is 0.468 e. The van der Waals surface area contributed by atoms with Gasteiger partial charge in [0, 0.05) is 5.56 Å². The molecule has 7 nitrogen and oxygen atoms in total. The molecule has 0 aliphatic carbocycles. The molecule has 1 N–H and O–H groups in total. The van der Waals surface area contributed by atoms with Crippen molar-refractivity contribution in [2.45, 2.75) is 17.3 Å². The van der Waals surface area contributed by atoms with Gasteiger partial charge in [0.2, 0.25) is 4.34 Å². The quantitative estimate of drug-likeness (QED) is 0.824. The van der Waals surface area contributed by atoms with Gasteiger partial charge in [-0.15, -0.1) is 0 Å². The number of ether oxygens (including phenoxy) is 1. The van der Waals surface area contributed by atoms with Gasteiger partial charge in [0.05, 0.1) is 7.11 Å². The van der Waals surface area contributed by atoms with Crippen LogP contribution >= 0.6 is 11.5 Å². The molecule has 9 heteroatoms. The summed E-state index contributed by atoms with van der Waals surface area (Å²) in [4.78, 5) is 15.3. The van der Waals surface area contributed by atoms with E-state index in [9.17, 15) is 13.2 Å². The van der Waals surface area contributed by atoms with E-state index < -0.39 is 22.0 Å². The number of carbonyl (C=O) groups excluding carboxylic acids is 1. The van der Waals surface area contributed by atoms with Crippen molar-refractivity contribution in [1.29, 1.82) is 0 Å². The van der Waals surface area contributed by atoms with Gasteiger partial charge in [-0.25, -0.2) is 13.4 Å². The summed E-state index contributed by atoms with van der Waals surface area (Å²) in [5.74, 6) is -0.349. The molecule has 0 bridgehead atoms. The Morgan fingerprint density at radius 3 is 2.62 bits per heavy atom. The molecule has 0 saturated heterocycles. The van der Waals surface area contributed by atoms with Crippen LogP contribution in [0.1, 0.15) is 6.92 Å². The van der Waals surface area contributed by atoms with Crippen LogP contribution < -0.4 is 4.72 Å². The van der Waals surface area contributed by atoms with E-state index in [0.717, 1.165) is 17.1 Å².